The number of allylic oxidation sites excluding steroid dienone is 1. The van der Waals surface area contributed by atoms with Gasteiger partial charge in [0.2, 0.25) is 0 Å². The zero-order valence-corrected chi connectivity index (χ0v) is 9.35. The monoisotopic (exact) mass is 222 g/mol. The first kappa shape index (κ1) is 11.5. The molecule has 4 nitrogen and oxygen atoms in total. The second kappa shape index (κ2) is 4.80. The van der Waals surface area contributed by atoms with E-state index in [0.717, 1.165) is 5.57 Å². The van der Waals surface area contributed by atoms with E-state index in [0.29, 0.717) is 18.6 Å². The number of hydrogen-bond donors (Lipinski definition) is 0. The van der Waals surface area contributed by atoms with Gasteiger partial charge in [0.05, 0.1) is 12.2 Å². The lowest BCUT2D eigenvalue weighted by Gasteiger charge is -2.12. The fourth-order valence-corrected chi connectivity index (χ4v) is 1.55. The number of hydrogen-bond acceptors (Lipinski definition) is 4. The number of carbonyl (C=O) groups is 1. The van der Waals surface area contributed by atoms with Crippen molar-refractivity contribution < 1.29 is 9.53 Å². The van der Waals surface area contributed by atoms with Crippen molar-refractivity contribution in [2.75, 3.05) is 6.61 Å². The van der Waals surface area contributed by atoms with Crippen molar-refractivity contribution >= 4 is 28.9 Å². The standard InChI is InChI=1S/C10H10N2O2S/c1-3-14-10(13)8-4-6(2)7(5-11)9(15)12-8/h3-4H2,1-2H3. The normalized spacial score (nSPS) is 15.8. The lowest BCUT2D eigenvalue weighted by molar-refractivity contribution is -0.135. The van der Waals surface area contributed by atoms with Crippen LogP contribution >= 0.6 is 12.2 Å². The topological polar surface area (TPSA) is 62.4 Å². The Balaban J connectivity index is 2.90. The number of rotatable bonds is 2. The fourth-order valence-electron chi connectivity index (χ4n) is 1.22. The van der Waals surface area contributed by atoms with E-state index in [9.17, 15) is 4.79 Å². The lowest BCUT2D eigenvalue weighted by Crippen LogP contribution is -2.23. The Morgan fingerprint density at radius 3 is 2.87 bits per heavy atom. The van der Waals surface area contributed by atoms with Gasteiger partial charge in [0.15, 0.2) is 0 Å². The summed E-state index contributed by atoms with van der Waals surface area (Å²) in [6.07, 6.45) is 0.335. The maximum Gasteiger partial charge on any atom is 0.353 e. The molecule has 15 heavy (non-hydrogen) atoms. The molecular weight excluding hydrogens is 212 g/mol. The predicted molar refractivity (Wildman–Crippen MR) is 59.6 cm³/mol. The molecule has 0 aromatic heterocycles. The van der Waals surface area contributed by atoms with Gasteiger partial charge in [-0.2, -0.15) is 5.26 Å². The highest BCUT2D eigenvalue weighted by atomic mass is 32.1. The molecule has 5 heteroatoms. The molecule has 0 aromatic carbocycles. The van der Waals surface area contributed by atoms with Crippen LogP contribution in [0, 0.1) is 11.3 Å². The summed E-state index contributed by atoms with van der Waals surface area (Å²) in [5, 5.41) is 8.78. The number of aliphatic imine (C=N–C) groups is 1. The number of ether oxygens (including phenoxy) is 1. The van der Waals surface area contributed by atoms with Crippen LogP contribution in [0.15, 0.2) is 16.1 Å². The van der Waals surface area contributed by atoms with Crippen LogP contribution in [0.3, 0.4) is 0 Å². The van der Waals surface area contributed by atoms with Crippen molar-refractivity contribution in [2.24, 2.45) is 4.99 Å². The van der Waals surface area contributed by atoms with Crippen LogP contribution in [0.25, 0.3) is 0 Å². The number of carbonyl (C=O) groups excluding carboxylic acids is 1. The molecular formula is C10H10N2O2S. The van der Waals surface area contributed by atoms with Crippen LogP contribution in [-0.4, -0.2) is 23.3 Å². The number of esters is 1. The van der Waals surface area contributed by atoms with E-state index in [1.54, 1.807) is 13.8 Å². The Hall–Kier alpha value is -1.54. The molecule has 0 amide bonds. The molecule has 0 aliphatic carbocycles. The fraction of sp³-hybridized carbons (Fsp3) is 0.400. The molecule has 1 aliphatic heterocycles. The summed E-state index contributed by atoms with van der Waals surface area (Å²) in [5.74, 6) is -0.462. The van der Waals surface area contributed by atoms with Crippen molar-refractivity contribution in [2.45, 2.75) is 20.3 Å². The summed E-state index contributed by atoms with van der Waals surface area (Å²) in [4.78, 5) is 15.4. The zero-order chi connectivity index (χ0) is 11.4. The van der Waals surface area contributed by atoms with Gasteiger partial charge >= 0.3 is 5.97 Å². The zero-order valence-electron chi connectivity index (χ0n) is 8.53. The lowest BCUT2D eigenvalue weighted by atomic mass is 10.0. The van der Waals surface area contributed by atoms with Gasteiger partial charge in [-0.25, -0.2) is 9.79 Å². The van der Waals surface area contributed by atoms with Crippen molar-refractivity contribution in [3.8, 4) is 6.07 Å². The minimum atomic E-state index is -0.462. The average molecular weight is 222 g/mol. The maximum atomic E-state index is 11.4. The second-order valence-electron chi connectivity index (χ2n) is 3.03. The van der Waals surface area contributed by atoms with E-state index in [2.05, 4.69) is 4.99 Å². The molecule has 0 fully saturated rings. The molecule has 0 bridgehead atoms. The molecule has 78 valence electrons. The van der Waals surface area contributed by atoms with Crippen molar-refractivity contribution in [1.82, 2.24) is 0 Å². The quantitative estimate of drug-likeness (QED) is 0.525. The number of thiocarbonyl (C=S) groups is 1. The molecule has 0 unspecified atom stereocenters. The maximum absolute atomic E-state index is 11.4. The van der Waals surface area contributed by atoms with Gasteiger partial charge < -0.3 is 4.74 Å². The van der Waals surface area contributed by atoms with Gasteiger partial charge in [0, 0.05) is 6.42 Å². The van der Waals surface area contributed by atoms with Gasteiger partial charge in [0.1, 0.15) is 16.8 Å². The third-order valence-corrected chi connectivity index (χ3v) is 2.23. The molecule has 1 aliphatic rings. The van der Waals surface area contributed by atoms with E-state index in [1.165, 1.54) is 0 Å². The molecule has 0 atom stereocenters. The molecule has 1 rings (SSSR count). The summed E-state index contributed by atoms with van der Waals surface area (Å²) < 4.78 is 4.81. The second-order valence-corrected chi connectivity index (χ2v) is 3.41. The average Bonchev–Trinajstić information content (AvgIpc) is 2.17. The summed E-state index contributed by atoms with van der Waals surface area (Å²) in [6, 6.07) is 1.97. The molecule has 0 N–H and O–H groups in total. The highest BCUT2D eigenvalue weighted by molar-refractivity contribution is 7.80. The Labute approximate surface area is 93.3 Å². The van der Waals surface area contributed by atoms with Crippen LogP contribution in [-0.2, 0) is 9.53 Å². The third kappa shape index (κ3) is 2.48. The van der Waals surface area contributed by atoms with Crippen LogP contribution < -0.4 is 0 Å². The first-order valence-electron chi connectivity index (χ1n) is 4.49. The number of nitrogens with zero attached hydrogens (tertiary/aromatic N) is 2. The minimum absolute atomic E-state index is 0.171. The molecule has 0 radical (unpaired) electrons. The minimum Gasteiger partial charge on any atom is -0.461 e. The van der Waals surface area contributed by atoms with Crippen LogP contribution in [0.2, 0.25) is 0 Å². The largest absolute Gasteiger partial charge is 0.461 e. The molecule has 0 saturated carbocycles. The smallest absolute Gasteiger partial charge is 0.353 e. The first-order valence-corrected chi connectivity index (χ1v) is 4.89. The van der Waals surface area contributed by atoms with Gasteiger partial charge in [-0.15, -0.1) is 0 Å². The Bertz CT molecular complexity index is 416. The summed E-state index contributed by atoms with van der Waals surface area (Å²) in [7, 11) is 0. The van der Waals surface area contributed by atoms with E-state index >= 15 is 0 Å². The van der Waals surface area contributed by atoms with E-state index < -0.39 is 5.97 Å². The van der Waals surface area contributed by atoms with Gasteiger partial charge in [-0.05, 0) is 19.4 Å². The highest BCUT2D eigenvalue weighted by Gasteiger charge is 2.22. The highest BCUT2D eigenvalue weighted by Crippen LogP contribution is 2.18. The summed E-state index contributed by atoms with van der Waals surface area (Å²) in [6.45, 7) is 3.79. The number of dihydropyridines is 1. The molecule has 0 spiro atoms. The van der Waals surface area contributed by atoms with Gasteiger partial charge in [0.25, 0.3) is 0 Å². The predicted octanol–water partition coefficient (Wildman–Crippen LogP) is 1.56. The van der Waals surface area contributed by atoms with Gasteiger partial charge in [-0.1, -0.05) is 12.2 Å². The van der Waals surface area contributed by atoms with Gasteiger partial charge in [-0.3, -0.25) is 0 Å². The Kier molecular flexibility index (Phi) is 3.69. The van der Waals surface area contributed by atoms with Crippen molar-refractivity contribution in [3.05, 3.63) is 11.1 Å². The number of nitriles is 1. The Morgan fingerprint density at radius 1 is 1.73 bits per heavy atom. The first-order chi connectivity index (χ1) is 7.10. The summed E-state index contributed by atoms with van der Waals surface area (Å²) in [5.41, 5.74) is 1.43. The van der Waals surface area contributed by atoms with Crippen LogP contribution in [0.1, 0.15) is 20.3 Å². The van der Waals surface area contributed by atoms with E-state index in [-0.39, 0.29) is 10.7 Å². The SMILES string of the molecule is CCOC(=O)C1=NC(=S)C(C#N)=C(C)C1. The van der Waals surface area contributed by atoms with Crippen LogP contribution in [0.4, 0.5) is 0 Å². The van der Waals surface area contributed by atoms with Crippen molar-refractivity contribution in [3.63, 3.8) is 0 Å². The molecule has 0 saturated heterocycles. The van der Waals surface area contributed by atoms with Crippen LogP contribution in [0.5, 0.6) is 0 Å². The van der Waals surface area contributed by atoms with E-state index in [4.69, 9.17) is 22.2 Å². The molecule has 1 heterocycles. The van der Waals surface area contributed by atoms with E-state index in [1.807, 2.05) is 6.07 Å². The third-order valence-electron chi connectivity index (χ3n) is 1.93. The summed E-state index contributed by atoms with van der Waals surface area (Å²) >= 11 is 4.91. The van der Waals surface area contributed by atoms with Crippen molar-refractivity contribution in [1.29, 1.82) is 5.26 Å². The Morgan fingerprint density at radius 2 is 2.40 bits per heavy atom. The molecule has 0 aromatic rings.